The fourth-order valence-corrected chi connectivity index (χ4v) is 5.07. The molecule has 15 nitrogen and oxygen atoms in total. The number of H-pyrrole nitrogens is 1. The van der Waals surface area contributed by atoms with E-state index in [0.29, 0.717) is 78.7 Å². The summed E-state index contributed by atoms with van der Waals surface area (Å²) in [7, 11) is 1.53. The Morgan fingerprint density at radius 1 is 1.00 bits per heavy atom. The third kappa shape index (κ3) is 6.24. The van der Waals surface area contributed by atoms with E-state index < -0.39 is 11.8 Å². The molecule has 0 unspecified atom stereocenters. The van der Waals surface area contributed by atoms with E-state index in [4.69, 9.17) is 26.7 Å². The van der Waals surface area contributed by atoms with Crippen LogP contribution in [0.25, 0.3) is 22.1 Å². The topological polar surface area (TPSA) is 216 Å². The Labute approximate surface area is 257 Å². The average Bonchev–Trinajstić information content (AvgIpc) is 3.55. The molecule has 236 valence electrons. The number of aromatic amines is 1. The number of nitrogens with zero attached hydrogens (tertiary/aromatic N) is 5. The summed E-state index contributed by atoms with van der Waals surface area (Å²) in [6, 6.07) is 8.11. The van der Waals surface area contributed by atoms with Crippen molar-refractivity contribution in [3.8, 4) is 11.5 Å². The summed E-state index contributed by atoms with van der Waals surface area (Å²) in [6.45, 7) is 5.71. The number of nitrogens with one attached hydrogen (secondary N) is 2. The molecule has 45 heavy (non-hydrogen) atoms. The molecule has 3 aromatic heterocycles. The number of ether oxygens (including phenoxy) is 2. The number of primary amides is 2. The van der Waals surface area contributed by atoms with Crippen LogP contribution in [0, 0.1) is 6.92 Å². The number of nitrogens with two attached hydrogens (primary N) is 3. The Kier molecular flexibility index (Phi) is 8.90. The van der Waals surface area contributed by atoms with Crippen molar-refractivity contribution in [3.05, 3.63) is 65.0 Å². The summed E-state index contributed by atoms with van der Waals surface area (Å²) in [4.78, 5) is 41.8. The van der Waals surface area contributed by atoms with E-state index >= 15 is 0 Å². The molecule has 0 spiro atoms. The van der Waals surface area contributed by atoms with Gasteiger partial charge in [-0.15, -0.1) is 0 Å². The largest absolute Gasteiger partial charge is 0.494 e. The summed E-state index contributed by atoms with van der Waals surface area (Å²) in [5, 5.41) is 10.5. The van der Waals surface area contributed by atoms with Gasteiger partial charge in [0, 0.05) is 24.2 Å². The third-order valence-corrected chi connectivity index (χ3v) is 7.20. The highest BCUT2D eigenvalue weighted by Gasteiger charge is 2.22. The normalized spacial score (nSPS) is 11.6. The summed E-state index contributed by atoms with van der Waals surface area (Å²) >= 11 is 0. The van der Waals surface area contributed by atoms with Crippen molar-refractivity contribution in [2.45, 2.75) is 39.9 Å². The van der Waals surface area contributed by atoms with Crippen LogP contribution >= 0.6 is 0 Å². The lowest BCUT2D eigenvalue weighted by molar-refractivity contribution is 0.0991. The summed E-state index contributed by atoms with van der Waals surface area (Å²) < 4.78 is 16.8. The maximum atomic E-state index is 13.4. The quantitative estimate of drug-likeness (QED) is 0.0919. The van der Waals surface area contributed by atoms with Gasteiger partial charge in [0.2, 0.25) is 17.8 Å². The van der Waals surface area contributed by atoms with E-state index in [0.717, 1.165) is 11.0 Å². The number of carbonyl (C=O) groups excluding carboxylic acids is 3. The highest BCUT2D eigenvalue weighted by molar-refractivity contribution is 6.04. The minimum absolute atomic E-state index is 0.221. The number of anilines is 1. The van der Waals surface area contributed by atoms with E-state index in [2.05, 4.69) is 20.5 Å². The van der Waals surface area contributed by atoms with Gasteiger partial charge in [-0.2, -0.15) is 5.10 Å². The summed E-state index contributed by atoms with van der Waals surface area (Å²) in [6.07, 6.45) is 4.43. The molecule has 5 aromatic rings. The minimum Gasteiger partial charge on any atom is -0.494 e. The Hall–Kier alpha value is -5.57. The van der Waals surface area contributed by atoms with Crippen LogP contribution in [0.15, 0.2) is 42.5 Å². The van der Waals surface area contributed by atoms with Gasteiger partial charge in [0.1, 0.15) is 28.2 Å². The molecule has 15 heteroatoms. The van der Waals surface area contributed by atoms with E-state index in [1.807, 2.05) is 30.7 Å². The highest BCUT2D eigenvalue weighted by atomic mass is 16.5. The smallest absolute Gasteiger partial charge is 0.276 e. The molecule has 0 aliphatic rings. The molecule has 2 aromatic carbocycles. The summed E-state index contributed by atoms with van der Waals surface area (Å²) in [5.41, 5.74) is 20.9. The predicted octanol–water partition coefficient (Wildman–Crippen LogP) is 2.29. The van der Waals surface area contributed by atoms with Crippen molar-refractivity contribution >= 4 is 45.7 Å². The first-order chi connectivity index (χ1) is 21.6. The molecular formula is C30H36N10O5. The van der Waals surface area contributed by atoms with Crippen LogP contribution < -0.4 is 32.0 Å². The summed E-state index contributed by atoms with van der Waals surface area (Å²) in [5.74, 6) is -0.412. The lowest BCUT2D eigenvalue weighted by atomic mass is 10.1. The van der Waals surface area contributed by atoms with E-state index in [1.54, 1.807) is 39.6 Å². The number of carbonyl (C=O) groups is 3. The monoisotopic (exact) mass is 616 g/mol. The SMILES string of the molecule is CCn1nc(C)cc1C(=O)Nc1nc2cc(C(N)=O)cc(OCCCN)c2n1C/C=C/Cn1[nH]c2cc(C(N)=O)cc(OC)c21. The van der Waals surface area contributed by atoms with Crippen LogP contribution in [0.4, 0.5) is 5.95 Å². The van der Waals surface area contributed by atoms with Crippen LogP contribution in [-0.2, 0) is 19.6 Å². The number of hydrogen-bond acceptors (Lipinski definition) is 8. The van der Waals surface area contributed by atoms with Crippen LogP contribution in [0.2, 0.25) is 0 Å². The molecule has 5 rings (SSSR count). The van der Waals surface area contributed by atoms with Crippen molar-refractivity contribution in [1.29, 1.82) is 0 Å². The molecule has 0 radical (unpaired) electrons. The van der Waals surface area contributed by atoms with Gasteiger partial charge in [-0.05, 0) is 57.1 Å². The number of hydrogen-bond donors (Lipinski definition) is 5. The van der Waals surface area contributed by atoms with E-state index in [-0.39, 0.29) is 17.4 Å². The second kappa shape index (κ2) is 13.0. The number of amides is 3. The predicted molar refractivity (Wildman–Crippen MR) is 169 cm³/mol. The van der Waals surface area contributed by atoms with Crippen LogP contribution in [0.5, 0.6) is 11.5 Å². The first-order valence-electron chi connectivity index (χ1n) is 14.4. The minimum atomic E-state index is -0.636. The zero-order valence-electron chi connectivity index (χ0n) is 25.3. The van der Waals surface area contributed by atoms with Gasteiger partial charge in [0.15, 0.2) is 0 Å². The van der Waals surface area contributed by atoms with Crippen molar-refractivity contribution in [2.24, 2.45) is 17.2 Å². The molecule has 3 amide bonds. The second-order valence-corrected chi connectivity index (χ2v) is 10.3. The second-order valence-electron chi connectivity index (χ2n) is 10.3. The number of fused-ring (bicyclic) bond motifs is 2. The molecule has 8 N–H and O–H groups in total. The van der Waals surface area contributed by atoms with Gasteiger partial charge in [0.05, 0.1) is 37.0 Å². The Balaban J connectivity index is 1.50. The van der Waals surface area contributed by atoms with Gasteiger partial charge in [0.25, 0.3) is 5.91 Å². The van der Waals surface area contributed by atoms with Crippen molar-refractivity contribution < 1.29 is 23.9 Å². The molecule has 0 aliphatic heterocycles. The zero-order valence-corrected chi connectivity index (χ0v) is 25.3. The first-order valence-corrected chi connectivity index (χ1v) is 14.4. The van der Waals surface area contributed by atoms with Gasteiger partial charge in [-0.1, -0.05) is 12.2 Å². The first kappa shape index (κ1) is 30.9. The molecule has 0 aliphatic carbocycles. The lowest BCUT2D eigenvalue weighted by Gasteiger charge is -2.18. The average molecular weight is 617 g/mol. The molecular weight excluding hydrogens is 580 g/mol. The van der Waals surface area contributed by atoms with Gasteiger partial charge in [-0.25, -0.2) is 4.98 Å². The van der Waals surface area contributed by atoms with E-state index in [1.165, 1.54) is 7.11 Å². The number of aryl methyl sites for hydroxylation is 2. The number of aromatic nitrogens is 6. The molecule has 0 bridgehead atoms. The van der Waals surface area contributed by atoms with Crippen molar-refractivity contribution in [1.82, 2.24) is 29.1 Å². The molecule has 3 heterocycles. The molecule has 0 fully saturated rings. The Bertz CT molecular complexity index is 1930. The number of rotatable bonds is 14. The van der Waals surface area contributed by atoms with Crippen LogP contribution in [0.1, 0.15) is 50.2 Å². The maximum absolute atomic E-state index is 13.4. The van der Waals surface area contributed by atoms with E-state index in [9.17, 15) is 14.4 Å². The highest BCUT2D eigenvalue weighted by Crippen LogP contribution is 2.32. The molecule has 0 atom stereocenters. The van der Waals surface area contributed by atoms with Gasteiger partial charge < -0.3 is 31.2 Å². The number of imidazole rings is 1. The Morgan fingerprint density at radius 2 is 1.71 bits per heavy atom. The fraction of sp³-hybridized carbons (Fsp3) is 0.300. The van der Waals surface area contributed by atoms with Crippen molar-refractivity contribution in [3.63, 3.8) is 0 Å². The standard InChI is InChI=1S/C30H36N10O5/c1-4-39-22(12-17(2)36-39)29(43)35-30-34-20-13-18(27(32)41)16-24(45-11-7-8-31)25(20)38(30)9-5-6-10-40-26-21(37-40)14-19(28(33)42)15-23(26)44-3/h5-6,12-16,37H,4,7-11,31H2,1-3H3,(H2,32,41)(H2,33,42)(H,34,35,43)/b6-5+. The van der Waals surface area contributed by atoms with Gasteiger partial charge >= 0.3 is 0 Å². The van der Waals surface area contributed by atoms with Crippen LogP contribution in [-0.4, -0.2) is 67.1 Å². The number of allylic oxidation sites excluding steroid dienone is 2. The lowest BCUT2D eigenvalue weighted by Crippen LogP contribution is -2.20. The van der Waals surface area contributed by atoms with Crippen molar-refractivity contribution in [2.75, 3.05) is 25.6 Å². The van der Waals surface area contributed by atoms with Gasteiger partial charge in [-0.3, -0.25) is 34.2 Å². The fourth-order valence-electron chi connectivity index (χ4n) is 5.07. The molecule has 0 saturated carbocycles. The van der Waals surface area contributed by atoms with Crippen LogP contribution in [0.3, 0.4) is 0 Å². The molecule has 0 saturated heterocycles. The maximum Gasteiger partial charge on any atom is 0.276 e. The zero-order chi connectivity index (χ0) is 32.2. The number of benzene rings is 2. The number of methoxy groups -OCH3 is 1. The third-order valence-electron chi connectivity index (χ3n) is 7.20. The Morgan fingerprint density at radius 3 is 2.40 bits per heavy atom.